The van der Waals surface area contributed by atoms with Crippen molar-refractivity contribution in [2.75, 3.05) is 39.7 Å². The molecule has 2 N–H and O–H groups in total. The molecule has 4 aliphatic rings. The molecule has 2 bridgehead atoms. The minimum atomic E-state index is -1.10. The number of benzene rings is 3. The Morgan fingerprint density at radius 3 is 2.47 bits per heavy atom. The van der Waals surface area contributed by atoms with Crippen molar-refractivity contribution in [2.45, 2.75) is 71.4 Å². The van der Waals surface area contributed by atoms with Crippen LogP contribution >= 0.6 is 0 Å². The van der Waals surface area contributed by atoms with Gasteiger partial charge in [-0.25, -0.2) is 4.79 Å². The maximum Gasteiger partial charge on any atom is 0.514 e. The minimum absolute atomic E-state index is 0.0235. The second-order valence-corrected chi connectivity index (χ2v) is 16.4. The summed E-state index contributed by atoms with van der Waals surface area (Å²) in [5.74, 6) is 0.215. The smallest absolute Gasteiger partial charge is 0.496 e. The maximum absolute atomic E-state index is 14.8. The van der Waals surface area contributed by atoms with Crippen LogP contribution in [0.3, 0.4) is 0 Å². The van der Waals surface area contributed by atoms with E-state index in [1.165, 1.54) is 29.3 Å². The van der Waals surface area contributed by atoms with Crippen LogP contribution < -0.4 is 25.0 Å². The second kappa shape index (κ2) is 17.5. The van der Waals surface area contributed by atoms with Crippen molar-refractivity contribution in [1.29, 1.82) is 0 Å². The van der Waals surface area contributed by atoms with Crippen molar-refractivity contribution in [3.05, 3.63) is 92.3 Å². The molecule has 1 aliphatic heterocycles. The average molecular weight is 813 g/mol. The third kappa shape index (κ3) is 8.77. The number of para-hydroxylation sites is 1. The molecule has 7 rings (SSSR count). The number of amides is 2. The predicted molar refractivity (Wildman–Crippen MR) is 219 cm³/mol. The summed E-state index contributed by atoms with van der Waals surface area (Å²) < 4.78 is 17.2. The number of carbonyl (C=O) groups is 3. The monoisotopic (exact) mass is 812 g/mol. The lowest BCUT2D eigenvalue weighted by Gasteiger charge is -2.62. The first-order valence-corrected chi connectivity index (χ1v) is 19.7. The zero-order valence-electron chi connectivity index (χ0n) is 34.6. The van der Waals surface area contributed by atoms with Gasteiger partial charge in [-0.2, -0.15) is 5.06 Å². The molecule has 0 unspecified atom stereocenters. The molecular weight excluding hydrogens is 761 g/mol. The molecule has 3 aromatic rings. The Hall–Kier alpha value is -5.90. The highest BCUT2D eigenvalue weighted by Gasteiger charge is 2.57. The molecule has 3 aromatic carbocycles. The van der Waals surface area contributed by atoms with Crippen LogP contribution in [-0.4, -0.2) is 87.0 Å². The van der Waals surface area contributed by atoms with Gasteiger partial charge in [0.2, 0.25) is 5.91 Å². The molecule has 3 saturated carbocycles. The van der Waals surface area contributed by atoms with Gasteiger partial charge in [0.25, 0.3) is 11.6 Å². The van der Waals surface area contributed by atoms with Crippen LogP contribution in [0.2, 0.25) is 0 Å². The SMILES string of the molecule is CNC(=O)c1cc(-c2cccc(CN3O[C@@H](CN=[N+]=[N-])[C@@H]([C@H](C)OC(=O)Oc4ccc([N+](=O)[O-])cc4)[C@H]3C(=O)N[C@H]3C[C@H]4C[C@@H]([C@@H]3C)C4(C)C)c2OC)cc(N(C)C)c1. The number of azide groups is 1. The number of nitro groups is 1. The van der Waals surface area contributed by atoms with Crippen molar-refractivity contribution >= 4 is 29.3 Å². The molecule has 8 atom stereocenters. The van der Waals surface area contributed by atoms with E-state index in [-0.39, 0.29) is 53.7 Å². The molecule has 59 heavy (non-hydrogen) atoms. The molecule has 0 radical (unpaired) electrons. The summed E-state index contributed by atoms with van der Waals surface area (Å²) in [6.07, 6.45) is -1.07. The number of nitro benzene ring substituents is 1. The highest BCUT2D eigenvalue weighted by atomic mass is 16.7. The number of hydroxylamine groups is 2. The topological polar surface area (TPSA) is 211 Å². The van der Waals surface area contributed by atoms with E-state index in [9.17, 15) is 30.0 Å². The molecule has 0 spiro atoms. The highest BCUT2D eigenvalue weighted by molar-refractivity contribution is 5.97. The molecule has 2 amide bonds. The molecule has 17 nitrogen and oxygen atoms in total. The quantitative estimate of drug-likeness (QED) is 0.0325. The number of rotatable bonds is 14. The van der Waals surface area contributed by atoms with Crippen LogP contribution in [0.15, 0.2) is 65.8 Å². The molecule has 3 aliphatic carbocycles. The van der Waals surface area contributed by atoms with Crippen molar-refractivity contribution in [3.8, 4) is 22.6 Å². The fraction of sp³-hybridized carbons (Fsp3) is 0.500. The van der Waals surface area contributed by atoms with Gasteiger partial charge in [-0.1, -0.05) is 44.1 Å². The van der Waals surface area contributed by atoms with Crippen molar-refractivity contribution < 1.29 is 38.4 Å². The van der Waals surface area contributed by atoms with Crippen LogP contribution in [0.5, 0.6) is 11.5 Å². The lowest BCUT2D eigenvalue weighted by Crippen LogP contribution is -2.62. The Balaban J connectivity index is 1.34. The van der Waals surface area contributed by atoms with Gasteiger partial charge >= 0.3 is 6.16 Å². The third-order valence-electron chi connectivity index (χ3n) is 12.6. The Morgan fingerprint density at radius 1 is 1.14 bits per heavy atom. The lowest BCUT2D eigenvalue weighted by atomic mass is 9.45. The zero-order valence-corrected chi connectivity index (χ0v) is 34.6. The van der Waals surface area contributed by atoms with Gasteiger partial charge < -0.3 is 29.7 Å². The second-order valence-electron chi connectivity index (χ2n) is 16.4. The zero-order chi connectivity index (χ0) is 42.8. The normalized spacial score (nSPS) is 24.7. The van der Waals surface area contributed by atoms with Gasteiger partial charge in [0, 0.05) is 66.6 Å². The number of non-ortho nitro benzene ring substituents is 1. The van der Waals surface area contributed by atoms with Gasteiger partial charge in [0.05, 0.1) is 37.1 Å². The number of ether oxygens (including phenoxy) is 3. The summed E-state index contributed by atoms with van der Waals surface area (Å²) >= 11 is 0. The van der Waals surface area contributed by atoms with E-state index in [0.717, 1.165) is 24.1 Å². The van der Waals surface area contributed by atoms with Crippen LogP contribution in [0.4, 0.5) is 16.2 Å². The van der Waals surface area contributed by atoms with Crippen molar-refractivity contribution in [2.24, 2.45) is 34.2 Å². The first-order valence-electron chi connectivity index (χ1n) is 19.7. The number of hydrogen-bond acceptors (Lipinski definition) is 12. The third-order valence-corrected chi connectivity index (χ3v) is 12.6. The molecule has 0 aromatic heterocycles. The van der Waals surface area contributed by atoms with E-state index in [4.69, 9.17) is 19.0 Å². The molecule has 1 heterocycles. The minimum Gasteiger partial charge on any atom is -0.496 e. The number of hydrogen-bond donors (Lipinski definition) is 2. The summed E-state index contributed by atoms with van der Waals surface area (Å²) in [4.78, 5) is 62.7. The fourth-order valence-electron chi connectivity index (χ4n) is 9.22. The largest absolute Gasteiger partial charge is 0.514 e. The number of nitrogens with one attached hydrogen (secondary N) is 2. The van der Waals surface area contributed by atoms with Crippen LogP contribution in [0.25, 0.3) is 21.6 Å². The maximum atomic E-state index is 14.8. The Morgan fingerprint density at radius 2 is 1.86 bits per heavy atom. The summed E-state index contributed by atoms with van der Waals surface area (Å²) in [7, 11) is 6.89. The number of nitrogens with zero attached hydrogens (tertiary/aromatic N) is 6. The predicted octanol–water partition coefficient (Wildman–Crippen LogP) is 6.90. The standard InChI is InChI=1S/C42H52N8O9/c1-23-33-19-28(42(33,3)4)20-34(23)46-40(52)37-36(24(2)57-41(53)58-31-14-12-29(13-15-31)50(54)55)35(21-45-47-43)59-49(37)22-25-10-9-11-32(38(25)56-8)26-16-27(39(51)44-5)18-30(17-26)48(6)7/h9-18,23-24,28,33-37H,19-22H2,1-8H3,(H,44,51)(H,46,52)/t23-,24-,28+,33-,34-,35-,36+,37-/m0/s1. The van der Waals surface area contributed by atoms with E-state index < -0.39 is 35.2 Å². The van der Waals surface area contributed by atoms with Crippen LogP contribution in [0.1, 0.15) is 56.5 Å². The van der Waals surface area contributed by atoms with Crippen molar-refractivity contribution in [3.63, 3.8) is 0 Å². The van der Waals surface area contributed by atoms with Gasteiger partial charge in [-0.15, -0.1) is 0 Å². The Kier molecular flexibility index (Phi) is 12.7. The van der Waals surface area contributed by atoms with Gasteiger partial charge in [0.1, 0.15) is 23.6 Å². The lowest BCUT2D eigenvalue weighted by molar-refractivity contribution is -0.384. The van der Waals surface area contributed by atoms with E-state index in [1.807, 2.05) is 43.3 Å². The van der Waals surface area contributed by atoms with Crippen LogP contribution in [-0.2, 0) is 20.9 Å². The van der Waals surface area contributed by atoms with E-state index in [2.05, 4.69) is 41.4 Å². The first-order chi connectivity index (χ1) is 28.1. The molecular formula is C42H52N8O9. The van der Waals surface area contributed by atoms with Gasteiger partial charge in [-0.3, -0.25) is 24.5 Å². The fourth-order valence-corrected chi connectivity index (χ4v) is 9.22. The first kappa shape index (κ1) is 42.7. The Labute approximate surface area is 343 Å². The van der Waals surface area contributed by atoms with Gasteiger partial charge in [0.15, 0.2) is 0 Å². The van der Waals surface area contributed by atoms with Crippen molar-refractivity contribution in [1.82, 2.24) is 15.7 Å². The number of fused-ring (bicyclic) bond motifs is 2. The average Bonchev–Trinajstić information content (AvgIpc) is 3.57. The highest BCUT2D eigenvalue weighted by Crippen LogP contribution is 2.61. The van der Waals surface area contributed by atoms with E-state index in [0.29, 0.717) is 34.3 Å². The number of methoxy groups -OCH3 is 1. The molecule has 17 heteroatoms. The summed E-state index contributed by atoms with van der Waals surface area (Å²) in [6, 6.07) is 14.9. The van der Waals surface area contributed by atoms with Gasteiger partial charge in [-0.05, 0) is 84.4 Å². The summed E-state index contributed by atoms with van der Waals surface area (Å²) in [6.45, 7) is 8.22. The molecule has 4 fully saturated rings. The number of anilines is 1. The molecule has 1 saturated heterocycles. The molecule has 314 valence electrons. The number of carbonyl (C=O) groups excluding carboxylic acids is 3. The van der Waals surface area contributed by atoms with E-state index >= 15 is 0 Å². The Bertz CT molecular complexity index is 2120. The summed E-state index contributed by atoms with van der Waals surface area (Å²) in [5.41, 5.74) is 12.7. The summed E-state index contributed by atoms with van der Waals surface area (Å²) in [5, 5.41) is 22.5. The van der Waals surface area contributed by atoms with E-state index in [1.54, 1.807) is 33.2 Å². The van der Waals surface area contributed by atoms with Crippen LogP contribution in [0, 0.1) is 39.2 Å².